The molecule has 3 aromatic rings. The first-order valence-electron chi connectivity index (χ1n) is 8.31. The summed E-state index contributed by atoms with van der Waals surface area (Å²) in [6, 6.07) is 14.4. The lowest BCUT2D eigenvalue weighted by molar-refractivity contribution is -0.116. The average molecular weight is 371 g/mol. The van der Waals surface area contributed by atoms with E-state index in [-0.39, 0.29) is 24.1 Å². The molecular weight excluding hydrogens is 352 g/mol. The third kappa shape index (κ3) is 3.89. The van der Waals surface area contributed by atoms with Crippen molar-refractivity contribution in [2.75, 3.05) is 18.4 Å². The fourth-order valence-electron chi connectivity index (χ4n) is 2.66. The van der Waals surface area contributed by atoms with E-state index >= 15 is 0 Å². The van der Waals surface area contributed by atoms with Crippen LogP contribution in [0.4, 0.5) is 5.69 Å². The number of carbonyl (C=O) groups is 2. The predicted molar refractivity (Wildman–Crippen MR) is 103 cm³/mol. The molecule has 1 heterocycles. The van der Waals surface area contributed by atoms with Gasteiger partial charge in [0, 0.05) is 22.6 Å². The van der Waals surface area contributed by atoms with E-state index in [2.05, 4.69) is 5.32 Å². The van der Waals surface area contributed by atoms with Crippen LogP contribution in [0.5, 0.6) is 0 Å². The molecule has 5 nitrogen and oxygen atoms in total. The number of amides is 2. The van der Waals surface area contributed by atoms with Crippen molar-refractivity contribution in [2.24, 2.45) is 0 Å². The number of benzene rings is 2. The van der Waals surface area contributed by atoms with Crippen molar-refractivity contribution in [1.82, 2.24) is 4.90 Å². The average Bonchev–Trinajstić information content (AvgIpc) is 3.06. The molecule has 0 saturated carbocycles. The lowest BCUT2D eigenvalue weighted by Gasteiger charge is -2.19. The summed E-state index contributed by atoms with van der Waals surface area (Å²) >= 11 is 5.97. The highest BCUT2D eigenvalue weighted by Crippen LogP contribution is 2.21. The fraction of sp³-hybridized carbons (Fsp3) is 0.200. The van der Waals surface area contributed by atoms with Gasteiger partial charge in [-0.05, 0) is 43.7 Å². The first kappa shape index (κ1) is 18.0. The van der Waals surface area contributed by atoms with Crippen LogP contribution in [0.3, 0.4) is 0 Å². The minimum absolute atomic E-state index is 0.0711. The Morgan fingerprint density at radius 3 is 2.65 bits per heavy atom. The Morgan fingerprint density at radius 1 is 1.15 bits per heavy atom. The normalized spacial score (nSPS) is 10.7. The van der Waals surface area contributed by atoms with Gasteiger partial charge < -0.3 is 14.6 Å². The number of nitrogens with zero attached hydrogens (tertiary/aromatic N) is 1. The highest BCUT2D eigenvalue weighted by Gasteiger charge is 2.21. The molecule has 0 aliphatic carbocycles. The Morgan fingerprint density at radius 2 is 1.92 bits per heavy atom. The van der Waals surface area contributed by atoms with Crippen LogP contribution in [0.1, 0.15) is 23.0 Å². The van der Waals surface area contributed by atoms with Crippen molar-refractivity contribution >= 4 is 40.1 Å². The van der Waals surface area contributed by atoms with Gasteiger partial charge in [-0.15, -0.1) is 0 Å². The number of carbonyl (C=O) groups excluding carboxylic acids is 2. The van der Waals surface area contributed by atoms with E-state index in [1.165, 1.54) is 4.90 Å². The van der Waals surface area contributed by atoms with E-state index in [0.717, 1.165) is 10.9 Å². The molecule has 0 unspecified atom stereocenters. The largest absolute Gasteiger partial charge is 0.451 e. The van der Waals surface area contributed by atoms with E-state index in [4.69, 9.17) is 16.0 Å². The van der Waals surface area contributed by atoms with Crippen molar-refractivity contribution in [1.29, 1.82) is 0 Å². The van der Waals surface area contributed by atoms with Gasteiger partial charge in [0.05, 0.1) is 0 Å². The molecule has 0 aliphatic heterocycles. The first-order valence-corrected chi connectivity index (χ1v) is 8.69. The van der Waals surface area contributed by atoms with Crippen LogP contribution >= 0.6 is 11.6 Å². The van der Waals surface area contributed by atoms with E-state index < -0.39 is 0 Å². The second-order valence-electron chi connectivity index (χ2n) is 5.98. The summed E-state index contributed by atoms with van der Waals surface area (Å²) in [7, 11) is 0. The van der Waals surface area contributed by atoms with Gasteiger partial charge in [0.25, 0.3) is 5.91 Å². The van der Waals surface area contributed by atoms with Crippen LogP contribution in [-0.2, 0) is 4.79 Å². The molecule has 26 heavy (non-hydrogen) atoms. The molecule has 1 N–H and O–H groups in total. The Labute approximate surface area is 156 Å². The fourth-order valence-corrected chi connectivity index (χ4v) is 2.83. The SMILES string of the molecule is CCN(CC(=O)Nc1cc(Cl)ccc1C)C(=O)c1cc2ccccc2o1. The van der Waals surface area contributed by atoms with Gasteiger partial charge in [-0.3, -0.25) is 9.59 Å². The van der Waals surface area contributed by atoms with Gasteiger partial charge in [0.15, 0.2) is 5.76 Å². The van der Waals surface area contributed by atoms with Crippen LogP contribution in [0.15, 0.2) is 52.9 Å². The first-order chi connectivity index (χ1) is 12.5. The molecule has 0 bridgehead atoms. The van der Waals surface area contributed by atoms with Gasteiger partial charge in [-0.1, -0.05) is 35.9 Å². The zero-order valence-corrected chi connectivity index (χ0v) is 15.3. The minimum atomic E-state index is -0.318. The number of aryl methyl sites for hydroxylation is 1. The van der Waals surface area contributed by atoms with Crippen molar-refractivity contribution in [3.8, 4) is 0 Å². The van der Waals surface area contributed by atoms with Crippen LogP contribution in [0.25, 0.3) is 11.0 Å². The van der Waals surface area contributed by atoms with Crippen LogP contribution in [0, 0.1) is 6.92 Å². The van der Waals surface area contributed by atoms with Crippen molar-refractivity contribution in [3.63, 3.8) is 0 Å². The number of nitrogens with one attached hydrogen (secondary N) is 1. The molecule has 0 radical (unpaired) electrons. The molecule has 3 rings (SSSR count). The molecule has 0 fully saturated rings. The van der Waals surface area contributed by atoms with Gasteiger partial charge in [0.2, 0.25) is 5.91 Å². The number of anilines is 1. The molecule has 2 amide bonds. The molecule has 0 spiro atoms. The zero-order valence-electron chi connectivity index (χ0n) is 14.6. The second kappa shape index (κ2) is 7.62. The number of furan rings is 1. The summed E-state index contributed by atoms with van der Waals surface area (Å²) in [4.78, 5) is 26.5. The molecule has 0 aliphatic rings. The standard InChI is InChI=1S/C20H19ClN2O3/c1-3-23(12-19(24)22-16-11-15(21)9-8-13(16)2)20(25)18-10-14-6-4-5-7-17(14)26-18/h4-11H,3,12H2,1-2H3,(H,22,24). The van der Waals surface area contributed by atoms with E-state index in [1.54, 1.807) is 24.3 Å². The summed E-state index contributed by atoms with van der Waals surface area (Å²) in [5.74, 6) is -0.386. The minimum Gasteiger partial charge on any atom is -0.451 e. The molecule has 0 atom stereocenters. The summed E-state index contributed by atoms with van der Waals surface area (Å²) in [6.07, 6.45) is 0. The molecule has 0 saturated heterocycles. The van der Waals surface area contributed by atoms with E-state index in [1.807, 2.05) is 38.1 Å². The molecular formula is C20H19ClN2O3. The maximum absolute atomic E-state index is 12.7. The quantitative estimate of drug-likeness (QED) is 0.719. The van der Waals surface area contributed by atoms with Gasteiger partial charge in [0.1, 0.15) is 12.1 Å². The smallest absolute Gasteiger partial charge is 0.290 e. The number of fused-ring (bicyclic) bond motifs is 1. The number of halogens is 1. The summed E-state index contributed by atoms with van der Waals surface area (Å²) < 4.78 is 5.61. The number of rotatable bonds is 5. The second-order valence-corrected chi connectivity index (χ2v) is 6.41. The predicted octanol–water partition coefficient (Wildman–Crippen LogP) is 4.50. The Bertz CT molecular complexity index is 932. The zero-order chi connectivity index (χ0) is 18.7. The van der Waals surface area contributed by atoms with Gasteiger partial charge in [-0.25, -0.2) is 0 Å². The highest BCUT2D eigenvalue weighted by molar-refractivity contribution is 6.31. The molecule has 1 aromatic heterocycles. The highest BCUT2D eigenvalue weighted by atomic mass is 35.5. The maximum Gasteiger partial charge on any atom is 0.290 e. The van der Waals surface area contributed by atoms with Crippen molar-refractivity contribution in [3.05, 3.63) is 64.9 Å². The van der Waals surface area contributed by atoms with Crippen LogP contribution in [0.2, 0.25) is 5.02 Å². The van der Waals surface area contributed by atoms with Crippen LogP contribution < -0.4 is 5.32 Å². The molecule has 6 heteroatoms. The lowest BCUT2D eigenvalue weighted by atomic mass is 10.2. The summed E-state index contributed by atoms with van der Waals surface area (Å²) in [5, 5.41) is 4.19. The monoisotopic (exact) mass is 370 g/mol. The Kier molecular flexibility index (Phi) is 5.28. The van der Waals surface area contributed by atoms with Crippen molar-refractivity contribution in [2.45, 2.75) is 13.8 Å². The maximum atomic E-state index is 12.7. The molecule has 2 aromatic carbocycles. The topological polar surface area (TPSA) is 62.6 Å². The van der Waals surface area contributed by atoms with Gasteiger partial charge >= 0.3 is 0 Å². The Hall–Kier alpha value is -2.79. The third-order valence-corrected chi connectivity index (χ3v) is 4.35. The third-order valence-electron chi connectivity index (χ3n) is 4.11. The number of likely N-dealkylation sites (N-methyl/N-ethyl adjacent to an activating group) is 1. The van der Waals surface area contributed by atoms with Crippen LogP contribution in [-0.4, -0.2) is 29.8 Å². The Balaban J connectivity index is 1.72. The lowest BCUT2D eigenvalue weighted by Crippen LogP contribution is -2.37. The number of hydrogen-bond donors (Lipinski definition) is 1. The number of para-hydroxylation sites is 1. The number of hydrogen-bond acceptors (Lipinski definition) is 3. The van der Waals surface area contributed by atoms with Gasteiger partial charge in [-0.2, -0.15) is 0 Å². The molecule has 134 valence electrons. The van der Waals surface area contributed by atoms with E-state index in [0.29, 0.717) is 22.8 Å². The van der Waals surface area contributed by atoms with Crippen molar-refractivity contribution < 1.29 is 14.0 Å². The summed E-state index contributed by atoms with van der Waals surface area (Å²) in [6.45, 7) is 4.01. The van der Waals surface area contributed by atoms with E-state index in [9.17, 15) is 9.59 Å². The summed E-state index contributed by atoms with van der Waals surface area (Å²) in [5.41, 5.74) is 2.18.